The van der Waals surface area contributed by atoms with Crippen LogP contribution in [0.1, 0.15) is 24.1 Å². The number of nitrogens with zero attached hydrogens (tertiary/aromatic N) is 2. The van der Waals surface area contributed by atoms with E-state index in [9.17, 15) is 21.6 Å². The largest absolute Gasteiger partial charge is 0.416 e. The van der Waals surface area contributed by atoms with Gasteiger partial charge in [0, 0.05) is 32.2 Å². The van der Waals surface area contributed by atoms with Gasteiger partial charge in [-0.2, -0.15) is 17.5 Å². The molecule has 0 aromatic heterocycles. The maximum absolute atomic E-state index is 12.9. The standard InChI is InChI=1S/C19H21F3N2O2S/c1-15(16-6-3-2-4-7-16)23-10-12-24(13-11-23)27(25,26)18-9-5-8-17(14-18)19(20,21)22/h2-9,14-15H,10-13H2,1H3. The number of rotatable bonds is 4. The number of piperazine rings is 1. The van der Waals surface area contributed by atoms with Crippen molar-refractivity contribution in [1.29, 1.82) is 0 Å². The fourth-order valence-electron chi connectivity index (χ4n) is 3.26. The first-order chi connectivity index (χ1) is 12.7. The van der Waals surface area contributed by atoms with Crippen molar-refractivity contribution >= 4 is 10.0 Å². The van der Waals surface area contributed by atoms with Gasteiger partial charge >= 0.3 is 6.18 Å². The average molecular weight is 398 g/mol. The number of alkyl halides is 3. The summed E-state index contributed by atoms with van der Waals surface area (Å²) in [5, 5.41) is 0. The van der Waals surface area contributed by atoms with Crippen LogP contribution in [0.15, 0.2) is 59.5 Å². The molecule has 2 aromatic rings. The molecular formula is C19H21F3N2O2S. The lowest BCUT2D eigenvalue weighted by Gasteiger charge is -2.37. The summed E-state index contributed by atoms with van der Waals surface area (Å²) in [5.74, 6) is 0. The second kappa shape index (κ2) is 7.61. The summed E-state index contributed by atoms with van der Waals surface area (Å²) in [5.41, 5.74) is 0.187. The van der Waals surface area contributed by atoms with Gasteiger partial charge in [0.2, 0.25) is 10.0 Å². The zero-order valence-electron chi connectivity index (χ0n) is 14.9. The highest BCUT2D eigenvalue weighted by Gasteiger charge is 2.34. The van der Waals surface area contributed by atoms with Gasteiger partial charge in [0.1, 0.15) is 0 Å². The lowest BCUT2D eigenvalue weighted by Crippen LogP contribution is -2.49. The molecule has 0 saturated carbocycles. The van der Waals surface area contributed by atoms with Gasteiger partial charge in [-0.1, -0.05) is 36.4 Å². The van der Waals surface area contributed by atoms with Crippen molar-refractivity contribution in [3.8, 4) is 0 Å². The van der Waals surface area contributed by atoms with Crippen LogP contribution in [0.3, 0.4) is 0 Å². The third-order valence-corrected chi connectivity index (χ3v) is 6.80. The van der Waals surface area contributed by atoms with Gasteiger partial charge in [-0.15, -0.1) is 0 Å². The van der Waals surface area contributed by atoms with Crippen LogP contribution in [0.5, 0.6) is 0 Å². The Balaban J connectivity index is 1.72. The predicted octanol–water partition coefficient (Wildman–Crippen LogP) is 3.77. The predicted molar refractivity (Wildman–Crippen MR) is 96.6 cm³/mol. The normalized spacial score (nSPS) is 18.4. The summed E-state index contributed by atoms with van der Waals surface area (Å²) < 4.78 is 65.4. The second-order valence-electron chi connectivity index (χ2n) is 6.55. The van der Waals surface area contributed by atoms with Gasteiger partial charge in [0.05, 0.1) is 10.5 Å². The summed E-state index contributed by atoms with van der Waals surface area (Å²) in [6.45, 7) is 3.60. The molecule has 0 bridgehead atoms. The quantitative estimate of drug-likeness (QED) is 0.787. The highest BCUT2D eigenvalue weighted by molar-refractivity contribution is 7.89. The lowest BCUT2D eigenvalue weighted by atomic mass is 10.1. The zero-order chi connectivity index (χ0) is 19.7. The van der Waals surface area contributed by atoms with Gasteiger partial charge < -0.3 is 0 Å². The van der Waals surface area contributed by atoms with Gasteiger partial charge in [-0.05, 0) is 30.7 Å². The summed E-state index contributed by atoms with van der Waals surface area (Å²) in [6.07, 6.45) is -4.57. The maximum atomic E-state index is 12.9. The van der Waals surface area contributed by atoms with Crippen molar-refractivity contribution in [2.75, 3.05) is 26.2 Å². The van der Waals surface area contributed by atoms with Crippen LogP contribution in [0, 0.1) is 0 Å². The molecule has 0 N–H and O–H groups in total. The van der Waals surface area contributed by atoms with Crippen LogP contribution < -0.4 is 0 Å². The van der Waals surface area contributed by atoms with Gasteiger partial charge in [-0.3, -0.25) is 4.90 Å². The van der Waals surface area contributed by atoms with Crippen molar-refractivity contribution in [1.82, 2.24) is 9.21 Å². The van der Waals surface area contributed by atoms with E-state index in [1.807, 2.05) is 30.3 Å². The van der Waals surface area contributed by atoms with Gasteiger partial charge in [0.25, 0.3) is 0 Å². The van der Waals surface area contributed by atoms with E-state index < -0.39 is 21.8 Å². The SMILES string of the molecule is CC(c1ccccc1)N1CCN(S(=O)(=O)c2cccc(C(F)(F)F)c2)CC1. The minimum absolute atomic E-state index is 0.143. The first-order valence-corrected chi connectivity index (χ1v) is 10.1. The van der Waals surface area contributed by atoms with Gasteiger partial charge in [0.15, 0.2) is 0 Å². The van der Waals surface area contributed by atoms with E-state index >= 15 is 0 Å². The van der Waals surface area contributed by atoms with E-state index in [1.165, 1.54) is 10.4 Å². The molecule has 3 rings (SSSR count). The monoisotopic (exact) mass is 398 g/mol. The van der Waals surface area contributed by atoms with Crippen LogP contribution in [-0.4, -0.2) is 43.8 Å². The topological polar surface area (TPSA) is 40.6 Å². The molecule has 2 aromatic carbocycles. The minimum atomic E-state index is -4.57. The van der Waals surface area contributed by atoms with Crippen molar-refractivity contribution in [2.45, 2.75) is 24.0 Å². The first-order valence-electron chi connectivity index (χ1n) is 8.66. The highest BCUT2D eigenvalue weighted by Crippen LogP contribution is 2.31. The molecule has 1 aliphatic heterocycles. The Morgan fingerprint density at radius 2 is 1.56 bits per heavy atom. The van der Waals surface area contributed by atoms with E-state index in [1.54, 1.807) is 0 Å². The number of halogens is 3. The number of hydrogen-bond acceptors (Lipinski definition) is 3. The van der Waals surface area contributed by atoms with Crippen LogP contribution in [-0.2, 0) is 16.2 Å². The van der Waals surface area contributed by atoms with Crippen molar-refractivity contribution < 1.29 is 21.6 Å². The fraction of sp³-hybridized carbons (Fsp3) is 0.368. The Labute approximate surface area is 157 Å². The molecule has 0 spiro atoms. The Morgan fingerprint density at radius 1 is 0.926 bits per heavy atom. The summed E-state index contributed by atoms with van der Waals surface area (Å²) in [7, 11) is -3.95. The lowest BCUT2D eigenvalue weighted by molar-refractivity contribution is -0.137. The first kappa shape index (κ1) is 19.9. The number of sulfonamides is 1. The molecule has 0 radical (unpaired) electrons. The van der Waals surface area contributed by atoms with Crippen LogP contribution in [0.25, 0.3) is 0 Å². The number of hydrogen-bond donors (Lipinski definition) is 0. The Kier molecular flexibility index (Phi) is 5.60. The highest BCUT2D eigenvalue weighted by atomic mass is 32.2. The Bertz CT molecular complexity index is 877. The van der Waals surface area contributed by atoms with E-state index in [-0.39, 0.29) is 24.0 Å². The van der Waals surface area contributed by atoms with Crippen LogP contribution in [0.4, 0.5) is 13.2 Å². The molecule has 1 unspecified atom stereocenters. The molecule has 1 heterocycles. The Morgan fingerprint density at radius 3 is 2.15 bits per heavy atom. The molecule has 8 heteroatoms. The maximum Gasteiger partial charge on any atom is 0.416 e. The van der Waals surface area contributed by atoms with Gasteiger partial charge in [-0.25, -0.2) is 8.42 Å². The van der Waals surface area contributed by atoms with Crippen LogP contribution in [0.2, 0.25) is 0 Å². The molecule has 4 nitrogen and oxygen atoms in total. The number of benzene rings is 2. The summed E-state index contributed by atoms with van der Waals surface area (Å²) in [6, 6.07) is 14.0. The molecular weight excluding hydrogens is 377 g/mol. The molecule has 146 valence electrons. The molecule has 1 atom stereocenters. The molecule has 1 saturated heterocycles. The average Bonchev–Trinajstić information content (AvgIpc) is 2.67. The minimum Gasteiger partial charge on any atom is -0.294 e. The zero-order valence-corrected chi connectivity index (χ0v) is 15.7. The molecule has 27 heavy (non-hydrogen) atoms. The molecule has 0 amide bonds. The Hall–Kier alpha value is -1.90. The van der Waals surface area contributed by atoms with Crippen molar-refractivity contribution in [2.24, 2.45) is 0 Å². The summed E-state index contributed by atoms with van der Waals surface area (Å²) >= 11 is 0. The van der Waals surface area contributed by atoms with E-state index in [0.717, 1.165) is 17.7 Å². The summed E-state index contributed by atoms with van der Waals surface area (Å²) in [4.78, 5) is 1.86. The van der Waals surface area contributed by atoms with E-state index in [2.05, 4.69) is 11.8 Å². The third kappa shape index (κ3) is 4.34. The van der Waals surface area contributed by atoms with Crippen molar-refractivity contribution in [3.05, 3.63) is 65.7 Å². The van der Waals surface area contributed by atoms with E-state index in [0.29, 0.717) is 19.2 Å². The fourth-order valence-corrected chi connectivity index (χ4v) is 4.72. The molecule has 1 aliphatic rings. The smallest absolute Gasteiger partial charge is 0.294 e. The van der Waals surface area contributed by atoms with Crippen LogP contribution >= 0.6 is 0 Å². The van der Waals surface area contributed by atoms with E-state index in [4.69, 9.17) is 0 Å². The molecule has 1 fully saturated rings. The second-order valence-corrected chi connectivity index (χ2v) is 8.49. The van der Waals surface area contributed by atoms with Crippen molar-refractivity contribution in [3.63, 3.8) is 0 Å². The third-order valence-electron chi connectivity index (χ3n) is 4.90. The molecule has 0 aliphatic carbocycles.